The number of para-hydroxylation sites is 1. The van der Waals surface area contributed by atoms with Crippen molar-refractivity contribution < 1.29 is 24.4 Å². The van der Waals surface area contributed by atoms with Crippen LogP contribution in [-0.2, 0) is 16.1 Å². The molecule has 37 heavy (non-hydrogen) atoms. The van der Waals surface area contributed by atoms with Crippen molar-refractivity contribution in [1.82, 2.24) is 10.4 Å². The molecule has 9 nitrogen and oxygen atoms in total. The maximum absolute atomic E-state index is 13.4. The molecule has 1 aliphatic heterocycles. The fraction of sp³-hybridized carbons (Fsp3) is 0.185. The molecular formula is C27H25ClN4O5. The topological polar surface area (TPSA) is 119 Å². The largest absolute Gasteiger partial charge is 0.332 e. The Bertz CT molecular complexity index is 1330. The van der Waals surface area contributed by atoms with Gasteiger partial charge >= 0.3 is 6.03 Å². The van der Waals surface area contributed by atoms with Gasteiger partial charge < -0.3 is 10.2 Å². The summed E-state index contributed by atoms with van der Waals surface area (Å²) >= 11 is 5.98. The van der Waals surface area contributed by atoms with Crippen molar-refractivity contribution in [2.45, 2.75) is 32.4 Å². The number of nitrogens with zero attached hydrogens (tertiary/aromatic N) is 2. The van der Waals surface area contributed by atoms with Crippen LogP contribution in [0.25, 0.3) is 0 Å². The van der Waals surface area contributed by atoms with Crippen LogP contribution in [0, 0.1) is 6.92 Å². The van der Waals surface area contributed by atoms with Crippen molar-refractivity contribution >= 4 is 46.7 Å². The van der Waals surface area contributed by atoms with Gasteiger partial charge in [-0.3, -0.25) is 19.6 Å². The van der Waals surface area contributed by atoms with Gasteiger partial charge in [-0.05, 0) is 55.3 Å². The first-order valence-electron chi connectivity index (χ1n) is 11.6. The number of anilines is 2. The number of aryl methyl sites for hydroxylation is 1. The van der Waals surface area contributed by atoms with Crippen molar-refractivity contribution in [1.29, 1.82) is 0 Å². The van der Waals surface area contributed by atoms with E-state index in [0.29, 0.717) is 10.7 Å². The first-order valence-corrected chi connectivity index (χ1v) is 12.0. The summed E-state index contributed by atoms with van der Waals surface area (Å²) in [5.41, 5.74) is 4.16. The molecular weight excluding hydrogens is 496 g/mol. The number of hydrogen-bond donors (Lipinski definition) is 3. The van der Waals surface area contributed by atoms with Gasteiger partial charge in [-0.15, -0.1) is 0 Å². The molecule has 5 amide bonds. The van der Waals surface area contributed by atoms with Crippen LogP contribution in [0.15, 0.2) is 72.8 Å². The summed E-state index contributed by atoms with van der Waals surface area (Å²) in [5, 5.41) is 12.1. The summed E-state index contributed by atoms with van der Waals surface area (Å²) < 4.78 is 0. The number of carbonyl (C=O) groups excluding carboxylic acids is 4. The zero-order valence-electron chi connectivity index (χ0n) is 20.0. The maximum Gasteiger partial charge on any atom is 0.332 e. The number of rotatable bonds is 8. The predicted octanol–water partition coefficient (Wildman–Crippen LogP) is 4.52. The van der Waals surface area contributed by atoms with Gasteiger partial charge in [0, 0.05) is 18.0 Å². The highest BCUT2D eigenvalue weighted by Gasteiger charge is 2.45. The van der Waals surface area contributed by atoms with E-state index in [0.717, 1.165) is 16.0 Å². The van der Waals surface area contributed by atoms with E-state index >= 15 is 0 Å². The summed E-state index contributed by atoms with van der Waals surface area (Å²) in [7, 11) is 0. The summed E-state index contributed by atoms with van der Waals surface area (Å²) in [6.45, 7) is 2.15. The van der Waals surface area contributed by atoms with Gasteiger partial charge in [0.1, 0.15) is 6.04 Å². The van der Waals surface area contributed by atoms with Gasteiger partial charge in [-0.1, -0.05) is 53.6 Å². The van der Waals surface area contributed by atoms with Crippen molar-refractivity contribution in [2.75, 3.05) is 10.2 Å². The SMILES string of the molecule is Cc1ccc(CN2C(=O)N(c3ccc(Cl)cc3)C(=O)C2CCC(=O)Nc2ccccc2C(=O)NO)cc1. The van der Waals surface area contributed by atoms with Gasteiger partial charge in [0.25, 0.3) is 11.8 Å². The molecule has 3 N–H and O–H groups in total. The molecule has 10 heteroatoms. The molecule has 0 spiro atoms. The number of carbonyl (C=O) groups is 4. The molecule has 1 aliphatic rings. The quantitative estimate of drug-likeness (QED) is 0.229. The van der Waals surface area contributed by atoms with E-state index in [1.807, 2.05) is 31.2 Å². The van der Waals surface area contributed by atoms with E-state index in [4.69, 9.17) is 16.8 Å². The number of nitrogens with one attached hydrogen (secondary N) is 2. The number of imide groups is 1. The Balaban J connectivity index is 1.54. The highest BCUT2D eigenvalue weighted by atomic mass is 35.5. The minimum atomic E-state index is -0.869. The molecule has 0 aliphatic carbocycles. The van der Waals surface area contributed by atoms with Crippen LogP contribution in [0.4, 0.5) is 16.2 Å². The third-order valence-electron chi connectivity index (χ3n) is 6.07. The number of urea groups is 1. The second-order valence-electron chi connectivity index (χ2n) is 8.64. The molecule has 0 aromatic heterocycles. The van der Waals surface area contributed by atoms with E-state index in [-0.39, 0.29) is 30.6 Å². The highest BCUT2D eigenvalue weighted by Crippen LogP contribution is 2.30. The van der Waals surface area contributed by atoms with Crippen molar-refractivity contribution in [2.24, 2.45) is 0 Å². The summed E-state index contributed by atoms with van der Waals surface area (Å²) in [4.78, 5) is 54.0. The van der Waals surface area contributed by atoms with Crippen LogP contribution >= 0.6 is 11.6 Å². The Morgan fingerprint density at radius 2 is 1.65 bits per heavy atom. The lowest BCUT2D eigenvalue weighted by atomic mass is 10.1. The fourth-order valence-electron chi connectivity index (χ4n) is 4.14. The summed E-state index contributed by atoms with van der Waals surface area (Å²) in [6, 6.07) is 18.9. The maximum atomic E-state index is 13.4. The highest BCUT2D eigenvalue weighted by molar-refractivity contribution is 6.30. The summed E-state index contributed by atoms with van der Waals surface area (Å²) in [6.07, 6.45) is -0.0155. The van der Waals surface area contributed by atoms with E-state index in [9.17, 15) is 19.2 Å². The number of amides is 5. The van der Waals surface area contributed by atoms with Crippen molar-refractivity contribution in [3.63, 3.8) is 0 Å². The van der Waals surface area contributed by atoms with Crippen LogP contribution in [-0.4, -0.2) is 39.9 Å². The molecule has 3 aromatic rings. The smallest absolute Gasteiger partial charge is 0.325 e. The fourth-order valence-corrected chi connectivity index (χ4v) is 4.27. The minimum absolute atomic E-state index is 0.0702. The second kappa shape index (κ2) is 11.2. The molecule has 190 valence electrons. The lowest BCUT2D eigenvalue weighted by molar-refractivity contribution is -0.120. The van der Waals surface area contributed by atoms with E-state index in [1.165, 1.54) is 17.0 Å². The van der Waals surface area contributed by atoms with Gasteiger partial charge in [-0.2, -0.15) is 0 Å². The normalized spacial score (nSPS) is 15.2. The zero-order chi connectivity index (χ0) is 26.5. The standard InChI is InChI=1S/C27H25ClN4O5/c1-17-6-8-18(9-7-17)16-31-23(26(35)32(27(31)36)20-12-10-19(28)11-13-20)14-15-24(33)29-22-5-3-2-4-21(22)25(34)30-37/h2-13,23,37H,14-16H2,1H3,(H,29,33)(H,30,34). The van der Waals surface area contributed by atoms with Crippen molar-refractivity contribution in [3.8, 4) is 0 Å². The average molecular weight is 521 g/mol. The van der Waals surface area contributed by atoms with Crippen molar-refractivity contribution in [3.05, 3.63) is 94.5 Å². The molecule has 1 heterocycles. The summed E-state index contributed by atoms with van der Waals surface area (Å²) in [5.74, 6) is -1.65. The molecule has 1 unspecified atom stereocenters. The predicted molar refractivity (Wildman–Crippen MR) is 138 cm³/mol. The molecule has 0 radical (unpaired) electrons. The molecule has 3 aromatic carbocycles. The molecule has 1 fully saturated rings. The Morgan fingerprint density at radius 3 is 2.32 bits per heavy atom. The van der Waals surface area contributed by atoms with Crippen LogP contribution < -0.4 is 15.7 Å². The van der Waals surface area contributed by atoms with Gasteiger partial charge in [0.2, 0.25) is 5.91 Å². The van der Waals surface area contributed by atoms with E-state index in [2.05, 4.69) is 5.32 Å². The van der Waals surface area contributed by atoms with Gasteiger partial charge in [0.05, 0.1) is 16.9 Å². The lowest BCUT2D eigenvalue weighted by Gasteiger charge is -2.22. The minimum Gasteiger partial charge on any atom is -0.325 e. The number of hydroxylamine groups is 1. The Labute approximate surface area is 218 Å². The molecule has 4 rings (SSSR count). The third-order valence-corrected chi connectivity index (χ3v) is 6.32. The lowest BCUT2D eigenvalue weighted by Crippen LogP contribution is -2.35. The van der Waals surface area contributed by atoms with Crippen LogP contribution in [0.2, 0.25) is 5.02 Å². The van der Waals surface area contributed by atoms with E-state index in [1.54, 1.807) is 41.9 Å². The Kier molecular flexibility index (Phi) is 7.86. The van der Waals surface area contributed by atoms with Crippen LogP contribution in [0.3, 0.4) is 0 Å². The third kappa shape index (κ3) is 5.79. The Hall–Kier alpha value is -4.21. The number of benzene rings is 3. The van der Waals surface area contributed by atoms with Gasteiger partial charge in [-0.25, -0.2) is 15.2 Å². The average Bonchev–Trinajstić information content (AvgIpc) is 3.13. The zero-order valence-corrected chi connectivity index (χ0v) is 20.7. The monoisotopic (exact) mass is 520 g/mol. The Morgan fingerprint density at radius 1 is 0.973 bits per heavy atom. The van der Waals surface area contributed by atoms with E-state index < -0.39 is 29.8 Å². The number of halogens is 1. The van der Waals surface area contributed by atoms with Crippen LogP contribution in [0.1, 0.15) is 34.3 Å². The molecule has 1 saturated heterocycles. The first-order chi connectivity index (χ1) is 17.8. The first kappa shape index (κ1) is 25.9. The molecule has 0 bridgehead atoms. The van der Waals surface area contributed by atoms with Crippen LogP contribution in [0.5, 0.6) is 0 Å². The molecule has 0 saturated carbocycles. The van der Waals surface area contributed by atoms with Gasteiger partial charge in [0.15, 0.2) is 0 Å². The molecule has 1 atom stereocenters. The number of hydrogen-bond acceptors (Lipinski definition) is 5. The second-order valence-corrected chi connectivity index (χ2v) is 9.07.